The lowest BCUT2D eigenvalue weighted by atomic mass is 9.97. The highest BCUT2D eigenvalue weighted by Crippen LogP contribution is 2.38. The molecule has 9 heteroatoms. The zero-order chi connectivity index (χ0) is 16.2. The monoisotopic (exact) mass is 413 g/mol. The van der Waals surface area contributed by atoms with Crippen LogP contribution in [-0.2, 0) is 12.6 Å². The maximum Gasteiger partial charge on any atom is 0.416 e. The average molecular weight is 414 g/mol. The van der Waals surface area contributed by atoms with Crippen LogP contribution in [0.3, 0.4) is 0 Å². The number of halogens is 5. The van der Waals surface area contributed by atoms with Crippen molar-refractivity contribution in [3.05, 3.63) is 28.1 Å². The molecule has 0 saturated carbocycles. The van der Waals surface area contributed by atoms with Gasteiger partial charge in [-0.15, -0.1) is 24.8 Å². The molecule has 2 aliphatic rings. The topological polar surface area (TPSA) is 32.0 Å². The van der Waals surface area contributed by atoms with Gasteiger partial charge in [0.25, 0.3) is 0 Å². The van der Waals surface area contributed by atoms with Crippen LogP contribution in [0.4, 0.5) is 13.2 Å². The maximum absolute atomic E-state index is 13.0. The molecule has 0 amide bonds. The smallest absolute Gasteiger partial charge is 0.312 e. The minimum Gasteiger partial charge on any atom is -0.312 e. The Kier molecular flexibility index (Phi) is 6.14. The highest BCUT2D eigenvalue weighted by Gasteiger charge is 2.34. The van der Waals surface area contributed by atoms with E-state index in [0.29, 0.717) is 15.9 Å². The molecule has 3 nitrogen and oxygen atoms in total. The van der Waals surface area contributed by atoms with Gasteiger partial charge < -0.3 is 9.47 Å². The van der Waals surface area contributed by atoms with Gasteiger partial charge in [-0.3, -0.25) is 5.41 Å². The van der Waals surface area contributed by atoms with Crippen LogP contribution >= 0.6 is 36.2 Å². The predicted molar refractivity (Wildman–Crippen MR) is 98.2 cm³/mol. The first-order valence-electron chi connectivity index (χ1n) is 7.95. The van der Waals surface area contributed by atoms with Gasteiger partial charge >= 0.3 is 6.18 Å². The van der Waals surface area contributed by atoms with Crippen molar-refractivity contribution < 1.29 is 13.2 Å². The molecule has 0 radical (unpaired) electrons. The number of thiazole rings is 1. The predicted octanol–water partition coefficient (Wildman–Crippen LogP) is 4.63. The van der Waals surface area contributed by atoms with Gasteiger partial charge in [-0.05, 0) is 56.5 Å². The summed E-state index contributed by atoms with van der Waals surface area (Å²) in [7, 11) is 0. The summed E-state index contributed by atoms with van der Waals surface area (Å²) in [5, 5.41) is 8.24. The summed E-state index contributed by atoms with van der Waals surface area (Å²) < 4.78 is 41.7. The minimum absolute atomic E-state index is 0. The van der Waals surface area contributed by atoms with E-state index >= 15 is 0 Å². The van der Waals surface area contributed by atoms with E-state index in [4.69, 9.17) is 5.41 Å². The number of aromatic nitrogens is 1. The Morgan fingerprint density at radius 1 is 1.16 bits per heavy atom. The average Bonchev–Trinajstić information content (AvgIpc) is 3.09. The molecular weight excluding hydrogens is 394 g/mol. The van der Waals surface area contributed by atoms with E-state index < -0.39 is 11.7 Å². The number of nitrogens with one attached hydrogen (secondary N) is 1. The zero-order valence-electron chi connectivity index (χ0n) is 13.4. The van der Waals surface area contributed by atoms with Gasteiger partial charge in [-0.2, -0.15) is 13.2 Å². The molecule has 0 bridgehead atoms. The third kappa shape index (κ3) is 3.70. The molecule has 4 rings (SSSR count). The molecule has 1 atom stereocenters. The van der Waals surface area contributed by atoms with Gasteiger partial charge in [0, 0.05) is 12.6 Å². The maximum atomic E-state index is 13.0. The third-order valence-electron chi connectivity index (χ3n) is 4.93. The van der Waals surface area contributed by atoms with Crippen LogP contribution in [-0.4, -0.2) is 29.1 Å². The molecule has 3 heterocycles. The molecule has 1 aromatic heterocycles. The minimum atomic E-state index is -4.33. The number of alkyl halides is 3. The van der Waals surface area contributed by atoms with E-state index in [1.54, 1.807) is 0 Å². The summed E-state index contributed by atoms with van der Waals surface area (Å²) in [6, 6.07) is 2.69. The van der Waals surface area contributed by atoms with Crippen LogP contribution < -0.4 is 4.80 Å². The standard InChI is InChI=1S/C16H18F3N3S.2ClH/c17-16(18,19)11-7-10-3-4-12(9-21-5-1-2-6-21)22-14(10)13(8-11)23-15(22)20;;/h7-8,12,20H,1-6,9H2;2*1H. The number of rotatable bonds is 2. The third-order valence-corrected chi connectivity index (χ3v) is 5.85. The van der Waals surface area contributed by atoms with E-state index in [-0.39, 0.29) is 30.9 Å². The van der Waals surface area contributed by atoms with Gasteiger partial charge in [0.05, 0.1) is 15.8 Å². The second kappa shape index (κ2) is 7.47. The van der Waals surface area contributed by atoms with Gasteiger partial charge in [0.1, 0.15) is 0 Å². The molecule has 1 saturated heterocycles. The summed E-state index contributed by atoms with van der Waals surface area (Å²) in [6.45, 7) is 3.10. The lowest BCUT2D eigenvalue weighted by molar-refractivity contribution is -0.137. The van der Waals surface area contributed by atoms with Crippen molar-refractivity contribution in [1.29, 1.82) is 5.41 Å². The van der Waals surface area contributed by atoms with Crippen molar-refractivity contribution in [3.63, 3.8) is 0 Å². The number of likely N-dealkylation sites (tertiary alicyclic amines) is 1. The Morgan fingerprint density at radius 3 is 2.48 bits per heavy atom. The fraction of sp³-hybridized carbons (Fsp3) is 0.562. The second-order valence-corrected chi connectivity index (χ2v) is 7.49. The molecule has 1 aromatic carbocycles. The Labute approximate surface area is 160 Å². The molecule has 1 unspecified atom stereocenters. The lowest BCUT2D eigenvalue weighted by Gasteiger charge is -2.29. The van der Waals surface area contributed by atoms with Crippen LogP contribution in [0.1, 0.15) is 36.4 Å². The van der Waals surface area contributed by atoms with E-state index in [1.807, 2.05) is 4.57 Å². The molecule has 140 valence electrons. The first kappa shape index (κ1) is 20.6. The Morgan fingerprint density at radius 2 is 1.84 bits per heavy atom. The zero-order valence-corrected chi connectivity index (χ0v) is 15.9. The molecule has 2 aliphatic heterocycles. The summed E-state index contributed by atoms with van der Waals surface area (Å²) >= 11 is 1.16. The Bertz CT molecular complexity index is 809. The highest BCUT2D eigenvalue weighted by atomic mass is 35.5. The number of aryl methyl sites for hydroxylation is 1. The molecule has 1 N–H and O–H groups in total. The van der Waals surface area contributed by atoms with E-state index in [0.717, 1.165) is 48.5 Å². The van der Waals surface area contributed by atoms with Gasteiger partial charge in [-0.25, -0.2) is 0 Å². The van der Waals surface area contributed by atoms with Crippen LogP contribution in [0, 0.1) is 5.41 Å². The van der Waals surface area contributed by atoms with E-state index in [1.165, 1.54) is 25.0 Å². The van der Waals surface area contributed by atoms with Crippen molar-refractivity contribution in [2.45, 2.75) is 37.9 Å². The van der Waals surface area contributed by atoms with Crippen molar-refractivity contribution in [2.24, 2.45) is 0 Å². The molecule has 0 spiro atoms. The Balaban J connectivity index is 0.00000113. The fourth-order valence-electron chi connectivity index (χ4n) is 3.86. The fourth-order valence-corrected chi connectivity index (χ4v) is 4.92. The van der Waals surface area contributed by atoms with Crippen molar-refractivity contribution in [3.8, 4) is 0 Å². The van der Waals surface area contributed by atoms with E-state index in [2.05, 4.69) is 4.90 Å². The number of benzene rings is 1. The molecule has 0 aliphatic carbocycles. The number of hydrogen-bond acceptors (Lipinski definition) is 3. The SMILES string of the molecule is Cl.Cl.N=c1sc2cc(C(F)(F)F)cc3c2n1C(CN1CCCC1)CC3. The van der Waals surface area contributed by atoms with Crippen LogP contribution in [0.5, 0.6) is 0 Å². The van der Waals surface area contributed by atoms with Crippen LogP contribution in [0.2, 0.25) is 0 Å². The molecule has 2 aromatic rings. The molecular formula is C16H20Cl2F3N3S. The van der Waals surface area contributed by atoms with Crippen molar-refractivity contribution in [1.82, 2.24) is 9.47 Å². The number of nitrogens with zero attached hydrogens (tertiary/aromatic N) is 2. The molecule has 25 heavy (non-hydrogen) atoms. The highest BCUT2D eigenvalue weighted by molar-refractivity contribution is 7.16. The summed E-state index contributed by atoms with van der Waals surface area (Å²) in [4.78, 5) is 2.78. The summed E-state index contributed by atoms with van der Waals surface area (Å²) in [6.07, 6.45) is -0.415. The van der Waals surface area contributed by atoms with Crippen molar-refractivity contribution in [2.75, 3.05) is 19.6 Å². The first-order valence-corrected chi connectivity index (χ1v) is 8.77. The summed E-state index contributed by atoms with van der Waals surface area (Å²) in [5.74, 6) is 0. The van der Waals surface area contributed by atoms with Gasteiger partial charge in [0.15, 0.2) is 4.80 Å². The Hall–Kier alpha value is -0.760. The normalized spacial score (nSPS) is 20.4. The van der Waals surface area contributed by atoms with Crippen LogP contribution in [0.15, 0.2) is 12.1 Å². The largest absolute Gasteiger partial charge is 0.416 e. The lowest BCUT2D eigenvalue weighted by Crippen LogP contribution is -2.34. The second-order valence-electron chi connectivity index (χ2n) is 6.46. The number of hydrogen-bond donors (Lipinski definition) is 1. The van der Waals surface area contributed by atoms with E-state index in [9.17, 15) is 13.2 Å². The van der Waals surface area contributed by atoms with Crippen LogP contribution in [0.25, 0.3) is 10.2 Å². The first-order chi connectivity index (χ1) is 10.9. The van der Waals surface area contributed by atoms with Gasteiger partial charge in [0.2, 0.25) is 0 Å². The summed E-state index contributed by atoms with van der Waals surface area (Å²) in [5.41, 5.74) is 0.997. The quantitative estimate of drug-likeness (QED) is 0.764. The molecule has 1 fully saturated rings. The van der Waals surface area contributed by atoms with Gasteiger partial charge in [-0.1, -0.05) is 11.3 Å². The van der Waals surface area contributed by atoms with Crippen molar-refractivity contribution >= 4 is 46.4 Å².